The lowest BCUT2D eigenvalue weighted by molar-refractivity contribution is -0.158. The number of hydrogen-bond donors (Lipinski definition) is 3. The number of carbonyl (C=O) groups is 4. The van der Waals surface area contributed by atoms with Gasteiger partial charge in [-0.05, 0) is 124 Å². The predicted molar refractivity (Wildman–Crippen MR) is 258 cm³/mol. The van der Waals surface area contributed by atoms with E-state index in [0.717, 1.165) is 91.1 Å². The Morgan fingerprint density at radius 1 is 0.676 bits per heavy atom. The number of nitrogens with zero attached hydrogens (tertiary/aromatic N) is 4. The molecule has 14 nitrogen and oxygen atoms in total. The molecule has 2 aromatic heterocycles. The molecule has 2 aromatic carbocycles. The Bertz CT molecular complexity index is 2300. The van der Waals surface area contributed by atoms with Crippen molar-refractivity contribution in [2.75, 3.05) is 26.2 Å². The number of benzene rings is 2. The molecule has 0 radical (unpaired) electrons. The van der Waals surface area contributed by atoms with Crippen LogP contribution in [0.15, 0.2) is 98.4 Å². The number of aliphatic hydroxyl groups is 2. The maximum Gasteiger partial charge on any atom is 0.310 e. The summed E-state index contributed by atoms with van der Waals surface area (Å²) in [7, 11) is 0. The first-order chi connectivity index (χ1) is 32.5. The van der Waals surface area contributed by atoms with E-state index in [2.05, 4.69) is 57.2 Å². The molecule has 0 amide bonds. The monoisotopic (exact) mass is 932 g/mol. The van der Waals surface area contributed by atoms with Gasteiger partial charge in [-0.1, -0.05) is 62.4 Å². The number of aldehydes is 1. The molecule has 16 atom stereocenters. The highest BCUT2D eigenvalue weighted by Crippen LogP contribution is 2.44. The van der Waals surface area contributed by atoms with Crippen LogP contribution in [0.4, 0.5) is 0 Å². The van der Waals surface area contributed by atoms with Crippen LogP contribution >= 0.6 is 0 Å². The average Bonchev–Trinajstić information content (AvgIpc) is 4.18. The molecule has 4 aromatic rings. The van der Waals surface area contributed by atoms with Gasteiger partial charge in [-0.15, -0.1) is 13.2 Å². The second-order valence-corrected chi connectivity index (χ2v) is 19.2. The molecule has 14 heteroatoms. The van der Waals surface area contributed by atoms with Crippen molar-refractivity contribution >= 4 is 46.0 Å². The number of rotatable bonds is 8. The third kappa shape index (κ3) is 10.3. The summed E-state index contributed by atoms with van der Waals surface area (Å²) in [6, 6.07) is 20.5. The number of pyridine rings is 2. The SMILES string of the molecule is C=CC1CN2CCC1CC2[C@H](O)c1ccnc2ccccc12.C=CC1CN2CCC1CC2[C@H](O)c1ccnc2ccccc12.CC.O.O=C(O)C1CC2CC1C(=O)O2.O=CC1CC2CC1C(=O)O2. The number of carboxylic acids is 1. The number of carbonyl (C=O) groups excluding carboxylic acids is 3. The van der Waals surface area contributed by atoms with E-state index in [1.165, 1.54) is 12.8 Å². The van der Waals surface area contributed by atoms with E-state index < -0.39 is 24.1 Å². The number of aliphatic hydroxyl groups excluding tert-OH is 2. The minimum absolute atomic E-state index is 0. The van der Waals surface area contributed by atoms with Crippen LogP contribution in [-0.2, 0) is 28.7 Å². The van der Waals surface area contributed by atoms with Crippen LogP contribution in [0.1, 0.15) is 88.5 Å². The fraction of sp³-hybridized carbons (Fsp3) is 0.519. The summed E-state index contributed by atoms with van der Waals surface area (Å²) in [6.45, 7) is 16.2. The molecule has 0 spiro atoms. The standard InChI is InChI=1S/2C19H22N2O.C7H8O4.C7H8O3.C2H6.H2O/c2*1-2-13-12-21-10-8-14(13)11-18(21)19(22)16-7-9-20-17-6-4-3-5-15(16)17;8-6(9)4-1-3-2-5(4)7(10)11-3;8-3-4-1-5-2-6(4)7(9)10-5;1-2;/h2*2-7,9,13-14,18-19,22H,1,8,10-12H2;3-5H,1-2H2,(H,8,9);3-6H,1-2H2;1-2H3;1H2/t2*13?,14?,18?,19-;;;;/m11..../s1. The van der Waals surface area contributed by atoms with Crippen molar-refractivity contribution in [1.82, 2.24) is 19.8 Å². The predicted octanol–water partition coefficient (Wildman–Crippen LogP) is 6.69. The van der Waals surface area contributed by atoms with E-state index in [4.69, 9.17) is 14.6 Å². The number of carboxylic acid groups (broad SMARTS) is 1. The van der Waals surface area contributed by atoms with Crippen LogP contribution in [-0.4, -0.2) is 115 Å². The van der Waals surface area contributed by atoms with Crippen molar-refractivity contribution in [3.63, 3.8) is 0 Å². The van der Waals surface area contributed by atoms with Crippen molar-refractivity contribution in [3.05, 3.63) is 109 Å². The summed E-state index contributed by atoms with van der Waals surface area (Å²) in [5, 5.41) is 32.8. The van der Waals surface area contributed by atoms with E-state index in [-0.39, 0.29) is 59.5 Å². The van der Waals surface area contributed by atoms with Gasteiger partial charge >= 0.3 is 17.9 Å². The summed E-state index contributed by atoms with van der Waals surface area (Å²) in [4.78, 5) is 56.3. The number of hydrogen-bond acceptors (Lipinski definition) is 12. The maximum absolute atomic E-state index is 11.0. The Balaban J connectivity index is 0.000000139. The van der Waals surface area contributed by atoms with E-state index in [0.29, 0.717) is 36.5 Å². The molecule has 8 bridgehead atoms. The Morgan fingerprint density at radius 2 is 1.13 bits per heavy atom. The van der Waals surface area contributed by atoms with Gasteiger partial charge in [0.15, 0.2) is 0 Å². The zero-order chi connectivity index (χ0) is 47.4. The number of aromatic nitrogens is 2. The van der Waals surface area contributed by atoms with Crippen LogP contribution in [0.25, 0.3) is 21.8 Å². The van der Waals surface area contributed by atoms with Crippen molar-refractivity contribution in [2.24, 2.45) is 47.3 Å². The molecule has 8 saturated heterocycles. The molecule has 8 aliphatic heterocycles. The van der Waals surface area contributed by atoms with Gasteiger partial charge in [0.05, 0.1) is 41.0 Å². The number of esters is 2. The number of piperidine rings is 6. The highest BCUT2D eigenvalue weighted by Gasteiger charge is 2.51. The first-order valence-corrected chi connectivity index (χ1v) is 24.4. The summed E-state index contributed by atoms with van der Waals surface area (Å²) in [5.41, 5.74) is 3.94. The second-order valence-electron chi connectivity index (χ2n) is 19.2. The summed E-state index contributed by atoms with van der Waals surface area (Å²) in [5.74, 6) is 0.159. The molecule has 14 rings (SSSR count). The van der Waals surface area contributed by atoms with Gasteiger partial charge in [-0.2, -0.15) is 0 Å². The molecule has 5 N–H and O–H groups in total. The number of fused-ring (bicyclic) bond motifs is 12. The first kappa shape index (κ1) is 50.5. The molecule has 10 fully saturated rings. The molecule has 2 aliphatic carbocycles. The van der Waals surface area contributed by atoms with E-state index in [1.54, 1.807) is 0 Å². The van der Waals surface area contributed by atoms with Gasteiger partial charge in [-0.3, -0.25) is 34.2 Å². The van der Waals surface area contributed by atoms with Gasteiger partial charge < -0.3 is 35.1 Å². The second kappa shape index (κ2) is 22.4. The van der Waals surface area contributed by atoms with Crippen LogP contribution < -0.4 is 0 Å². The first-order valence-electron chi connectivity index (χ1n) is 24.4. The van der Waals surface area contributed by atoms with Gasteiger partial charge in [0.25, 0.3) is 0 Å². The largest absolute Gasteiger partial charge is 0.481 e. The van der Waals surface area contributed by atoms with Crippen molar-refractivity contribution in [1.29, 1.82) is 0 Å². The highest BCUT2D eigenvalue weighted by molar-refractivity contribution is 5.85. The normalized spacial score (nSPS) is 33.8. The zero-order valence-electron chi connectivity index (χ0n) is 39.2. The smallest absolute Gasteiger partial charge is 0.310 e. The van der Waals surface area contributed by atoms with Gasteiger partial charge in [0.1, 0.15) is 18.5 Å². The molecular weight excluding hydrogens is 865 g/mol. The summed E-state index contributed by atoms with van der Waals surface area (Å²) < 4.78 is 9.73. The van der Waals surface area contributed by atoms with Crippen molar-refractivity contribution < 1.29 is 49.4 Å². The van der Waals surface area contributed by atoms with E-state index in [9.17, 15) is 29.4 Å². The minimum atomic E-state index is -0.867. The van der Waals surface area contributed by atoms with E-state index in [1.807, 2.05) is 74.8 Å². The summed E-state index contributed by atoms with van der Waals surface area (Å²) in [6.07, 6.45) is 15.0. The Labute approximate surface area is 398 Å². The maximum atomic E-state index is 11.0. The number of para-hydroxylation sites is 2. The van der Waals surface area contributed by atoms with Crippen LogP contribution in [0, 0.1) is 47.3 Å². The van der Waals surface area contributed by atoms with Crippen LogP contribution in [0.3, 0.4) is 0 Å². The summed E-state index contributed by atoms with van der Waals surface area (Å²) >= 11 is 0. The Kier molecular flexibility index (Phi) is 16.6. The highest BCUT2D eigenvalue weighted by atomic mass is 16.6. The third-order valence-electron chi connectivity index (χ3n) is 15.8. The zero-order valence-corrected chi connectivity index (χ0v) is 39.2. The lowest BCUT2D eigenvalue weighted by Gasteiger charge is -2.50. The lowest BCUT2D eigenvalue weighted by atomic mass is 9.73. The van der Waals surface area contributed by atoms with Crippen LogP contribution in [0.2, 0.25) is 0 Å². The number of ether oxygens (including phenoxy) is 2. The third-order valence-corrected chi connectivity index (χ3v) is 15.8. The van der Waals surface area contributed by atoms with Gasteiger partial charge in [-0.25, -0.2) is 0 Å². The van der Waals surface area contributed by atoms with Crippen molar-refractivity contribution in [3.8, 4) is 0 Å². The Hall–Kier alpha value is -5.38. The average molecular weight is 933 g/mol. The molecule has 68 heavy (non-hydrogen) atoms. The van der Waals surface area contributed by atoms with Gasteiger partial charge in [0, 0.05) is 54.3 Å². The fourth-order valence-electron chi connectivity index (χ4n) is 12.2. The quantitative estimate of drug-likeness (QED) is 0.0957. The minimum Gasteiger partial charge on any atom is -0.481 e. The molecule has 2 saturated carbocycles. The number of aliphatic carboxylic acids is 1. The molecule has 364 valence electrons. The Morgan fingerprint density at radius 3 is 1.49 bits per heavy atom. The molecule has 10 heterocycles. The molecule has 14 unspecified atom stereocenters. The lowest BCUT2D eigenvalue weighted by Crippen LogP contribution is -2.54. The van der Waals surface area contributed by atoms with Crippen molar-refractivity contribution in [2.45, 2.75) is 102 Å². The fourth-order valence-corrected chi connectivity index (χ4v) is 12.2. The molecule has 10 aliphatic rings. The molecular formula is C54H68N4O10. The van der Waals surface area contributed by atoms with Crippen LogP contribution in [0.5, 0.6) is 0 Å². The van der Waals surface area contributed by atoms with Gasteiger partial charge in [0.2, 0.25) is 0 Å². The van der Waals surface area contributed by atoms with E-state index >= 15 is 0 Å². The topological polar surface area (TPSA) is 211 Å².